The third-order valence-electron chi connectivity index (χ3n) is 3.79. The molecule has 1 aliphatic rings. The van der Waals surface area contributed by atoms with Gasteiger partial charge in [-0.25, -0.2) is 8.42 Å². The molecule has 0 bridgehead atoms. The normalized spacial score (nSPS) is 15.9. The van der Waals surface area contributed by atoms with Gasteiger partial charge in [0.05, 0.1) is 0 Å². The molecule has 1 amide bonds. The average Bonchev–Trinajstić information content (AvgIpc) is 2.75. The first kappa shape index (κ1) is 15.4. The Hall–Kier alpha value is -1.01. The van der Waals surface area contributed by atoms with Crippen LogP contribution in [0.15, 0.2) is 17.2 Å². The van der Waals surface area contributed by atoms with E-state index < -0.39 is 9.05 Å². The van der Waals surface area contributed by atoms with Crippen LogP contribution in [-0.4, -0.2) is 25.4 Å². The van der Waals surface area contributed by atoms with Gasteiger partial charge in [0, 0.05) is 30.0 Å². The lowest BCUT2D eigenvalue weighted by Crippen LogP contribution is -2.28. The number of aromatic nitrogens is 1. The molecule has 1 fully saturated rings. The maximum atomic E-state index is 12.1. The number of hydrogen-bond donors (Lipinski definition) is 1. The first-order valence-electron chi connectivity index (χ1n) is 6.85. The van der Waals surface area contributed by atoms with Gasteiger partial charge in [0.2, 0.25) is 0 Å². The van der Waals surface area contributed by atoms with Gasteiger partial charge in [-0.1, -0.05) is 19.3 Å². The van der Waals surface area contributed by atoms with Gasteiger partial charge in [-0.05, 0) is 25.3 Å². The minimum Gasteiger partial charge on any atom is -0.351 e. The number of nitrogens with one attached hydrogen (secondary N) is 1. The second-order valence-corrected chi connectivity index (χ2v) is 7.69. The average molecular weight is 319 g/mol. The van der Waals surface area contributed by atoms with Crippen LogP contribution in [0.4, 0.5) is 0 Å². The van der Waals surface area contributed by atoms with E-state index in [1.807, 2.05) is 6.92 Å². The zero-order chi connectivity index (χ0) is 14.8. The van der Waals surface area contributed by atoms with E-state index in [-0.39, 0.29) is 10.8 Å². The van der Waals surface area contributed by atoms with Crippen LogP contribution in [0, 0.1) is 5.92 Å². The molecule has 0 spiro atoms. The molecule has 112 valence electrons. The van der Waals surface area contributed by atoms with E-state index in [1.54, 1.807) is 4.57 Å². The summed E-state index contributed by atoms with van der Waals surface area (Å²) in [6.07, 6.45) is 6.16. The molecular weight excluding hydrogens is 300 g/mol. The lowest BCUT2D eigenvalue weighted by Gasteiger charge is -2.25. The molecular formula is C13H19ClN2O3S. The molecule has 1 aromatic heterocycles. The van der Waals surface area contributed by atoms with Gasteiger partial charge in [0.1, 0.15) is 10.6 Å². The molecule has 0 aliphatic heterocycles. The Kier molecular flexibility index (Phi) is 4.75. The highest BCUT2D eigenvalue weighted by Crippen LogP contribution is 2.28. The molecule has 0 unspecified atom stereocenters. The van der Waals surface area contributed by atoms with Crippen molar-refractivity contribution in [2.75, 3.05) is 6.54 Å². The van der Waals surface area contributed by atoms with E-state index in [9.17, 15) is 13.2 Å². The van der Waals surface area contributed by atoms with Gasteiger partial charge in [0.15, 0.2) is 0 Å². The maximum Gasteiger partial charge on any atom is 0.267 e. The van der Waals surface area contributed by atoms with Crippen molar-refractivity contribution in [2.24, 2.45) is 5.92 Å². The zero-order valence-electron chi connectivity index (χ0n) is 11.4. The quantitative estimate of drug-likeness (QED) is 0.819. The van der Waals surface area contributed by atoms with E-state index in [1.165, 1.54) is 31.5 Å². The topological polar surface area (TPSA) is 68.2 Å². The molecule has 0 saturated heterocycles. The van der Waals surface area contributed by atoms with E-state index >= 15 is 0 Å². The van der Waals surface area contributed by atoms with Crippen LogP contribution in [-0.2, 0) is 15.6 Å². The lowest BCUT2D eigenvalue weighted by atomic mass is 9.83. The molecule has 5 nitrogen and oxygen atoms in total. The molecule has 2 rings (SSSR count). The molecule has 1 heterocycles. The second-order valence-electron chi connectivity index (χ2n) is 5.13. The third-order valence-corrected chi connectivity index (χ3v) is 5.11. The van der Waals surface area contributed by atoms with Crippen molar-refractivity contribution in [1.29, 1.82) is 0 Å². The van der Waals surface area contributed by atoms with E-state index in [0.717, 1.165) is 12.3 Å². The van der Waals surface area contributed by atoms with Gasteiger partial charge >= 0.3 is 0 Å². The SMILES string of the molecule is CCn1cc(S(=O)(=O)Cl)cc1C(=O)NCCC1CCC1. The molecule has 1 aromatic rings. The van der Waals surface area contributed by atoms with Crippen LogP contribution in [0.2, 0.25) is 0 Å². The Labute approximate surface area is 123 Å². The first-order chi connectivity index (χ1) is 9.41. The predicted octanol–water partition coefficient (Wildman–Crippen LogP) is 2.36. The van der Waals surface area contributed by atoms with E-state index in [2.05, 4.69) is 5.32 Å². The summed E-state index contributed by atoms with van der Waals surface area (Å²) in [5.41, 5.74) is 0.334. The fraction of sp³-hybridized carbons (Fsp3) is 0.615. The summed E-state index contributed by atoms with van der Waals surface area (Å²) in [5, 5.41) is 2.84. The Morgan fingerprint density at radius 3 is 2.70 bits per heavy atom. The van der Waals surface area contributed by atoms with Crippen molar-refractivity contribution in [3.05, 3.63) is 18.0 Å². The van der Waals surface area contributed by atoms with Crippen LogP contribution < -0.4 is 5.32 Å². The number of halogens is 1. The van der Waals surface area contributed by atoms with Crippen LogP contribution in [0.1, 0.15) is 43.1 Å². The molecule has 1 N–H and O–H groups in total. The smallest absolute Gasteiger partial charge is 0.267 e. The number of amides is 1. The minimum absolute atomic E-state index is 0.0369. The van der Waals surface area contributed by atoms with Gasteiger partial charge < -0.3 is 9.88 Å². The second kappa shape index (κ2) is 6.18. The van der Waals surface area contributed by atoms with Crippen molar-refractivity contribution >= 4 is 25.6 Å². The van der Waals surface area contributed by atoms with Crippen molar-refractivity contribution in [3.63, 3.8) is 0 Å². The zero-order valence-corrected chi connectivity index (χ0v) is 13.0. The number of hydrogen-bond acceptors (Lipinski definition) is 3. The fourth-order valence-electron chi connectivity index (χ4n) is 2.33. The summed E-state index contributed by atoms with van der Waals surface area (Å²) in [6.45, 7) is 2.98. The standard InChI is InChI=1S/C13H19ClN2O3S/c1-2-16-9-11(20(14,18)19)8-12(16)13(17)15-7-6-10-4-3-5-10/h8-10H,2-7H2,1H3,(H,15,17). The highest BCUT2D eigenvalue weighted by molar-refractivity contribution is 8.13. The lowest BCUT2D eigenvalue weighted by molar-refractivity contribution is 0.0940. The van der Waals surface area contributed by atoms with Crippen molar-refractivity contribution < 1.29 is 13.2 Å². The molecule has 1 aliphatic carbocycles. The molecule has 20 heavy (non-hydrogen) atoms. The number of aryl methyl sites for hydroxylation is 1. The summed E-state index contributed by atoms with van der Waals surface area (Å²) in [5.74, 6) is 0.477. The summed E-state index contributed by atoms with van der Waals surface area (Å²) in [6, 6.07) is 1.32. The number of carbonyl (C=O) groups excluding carboxylic acids is 1. The van der Waals surface area contributed by atoms with E-state index in [4.69, 9.17) is 10.7 Å². The van der Waals surface area contributed by atoms with Crippen molar-refractivity contribution in [1.82, 2.24) is 9.88 Å². The van der Waals surface area contributed by atoms with Gasteiger partial charge in [-0.15, -0.1) is 0 Å². The Balaban J connectivity index is 2.02. The van der Waals surface area contributed by atoms with Crippen molar-refractivity contribution in [2.45, 2.75) is 44.0 Å². The monoisotopic (exact) mass is 318 g/mol. The molecule has 0 atom stereocenters. The summed E-state index contributed by atoms with van der Waals surface area (Å²) in [7, 11) is 1.50. The van der Waals surface area contributed by atoms with Crippen LogP contribution in [0.5, 0.6) is 0 Å². The van der Waals surface area contributed by atoms with Crippen LogP contribution in [0.25, 0.3) is 0 Å². The Bertz CT molecular complexity index is 591. The largest absolute Gasteiger partial charge is 0.351 e. The van der Waals surface area contributed by atoms with Gasteiger partial charge in [-0.3, -0.25) is 4.79 Å². The third kappa shape index (κ3) is 3.55. The number of rotatable bonds is 6. The highest BCUT2D eigenvalue weighted by Gasteiger charge is 2.20. The first-order valence-corrected chi connectivity index (χ1v) is 9.15. The number of nitrogens with zero attached hydrogens (tertiary/aromatic N) is 1. The highest BCUT2D eigenvalue weighted by atomic mass is 35.7. The molecule has 0 radical (unpaired) electrons. The Morgan fingerprint density at radius 1 is 1.50 bits per heavy atom. The predicted molar refractivity (Wildman–Crippen MR) is 77.4 cm³/mol. The van der Waals surface area contributed by atoms with Gasteiger partial charge in [-0.2, -0.15) is 0 Å². The van der Waals surface area contributed by atoms with Crippen LogP contribution >= 0.6 is 10.7 Å². The molecule has 7 heteroatoms. The Morgan fingerprint density at radius 2 is 2.20 bits per heavy atom. The fourth-order valence-corrected chi connectivity index (χ4v) is 3.09. The minimum atomic E-state index is -3.81. The molecule has 1 saturated carbocycles. The number of carbonyl (C=O) groups is 1. The summed E-state index contributed by atoms with van der Waals surface area (Å²) in [4.78, 5) is 12.0. The van der Waals surface area contributed by atoms with Crippen molar-refractivity contribution in [3.8, 4) is 0 Å². The maximum absolute atomic E-state index is 12.1. The van der Waals surface area contributed by atoms with E-state index in [0.29, 0.717) is 18.8 Å². The molecule has 0 aromatic carbocycles. The summed E-state index contributed by atoms with van der Waals surface area (Å²) < 4.78 is 24.2. The van der Waals surface area contributed by atoms with Gasteiger partial charge in [0.25, 0.3) is 15.0 Å². The van der Waals surface area contributed by atoms with Crippen LogP contribution in [0.3, 0.4) is 0 Å². The summed E-state index contributed by atoms with van der Waals surface area (Å²) >= 11 is 0.